The number of aryl methyl sites for hydroxylation is 2. The number of para-hydroxylation sites is 1. The van der Waals surface area contributed by atoms with E-state index in [0.29, 0.717) is 12.0 Å². The van der Waals surface area contributed by atoms with Gasteiger partial charge in [-0.1, -0.05) is 18.2 Å². The number of alkyl halides is 2. The fraction of sp³-hybridized carbons (Fsp3) is 0.308. The lowest BCUT2D eigenvalue weighted by Gasteiger charge is -2.28. The fourth-order valence-corrected chi connectivity index (χ4v) is 4.53. The minimum Gasteiger partial charge on any atom is -0.435 e. The van der Waals surface area contributed by atoms with E-state index in [1.165, 1.54) is 0 Å². The Balaban J connectivity index is 1.50. The topological polar surface area (TPSA) is 54.7 Å². The van der Waals surface area contributed by atoms with Crippen molar-refractivity contribution in [2.75, 3.05) is 31.1 Å². The van der Waals surface area contributed by atoms with Crippen LogP contribution in [0.15, 0.2) is 54.9 Å². The molecule has 0 radical (unpaired) electrons. The molecule has 5 rings (SSSR count). The zero-order valence-corrected chi connectivity index (χ0v) is 19.3. The molecule has 6 nitrogen and oxygen atoms in total. The number of imidazole rings is 1. The molecule has 4 heterocycles. The number of anilines is 1. The summed E-state index contributed by atoms with van der Waals surface area (Å²) >= 11 is 0. The summed E-state index contributed by atoms with van der Waals surface area (Å²) in [6.45, 7) is 4.97. The van der Waals surface area contributed by atoms with Crippen LogP contribution in [0.5, 0.6) is 5.75 Å². The summed E-state index contributed by atoms with van der Waals surface area (Å²) in [6.07, 6.45) is 4.41. The Bertz CT molecular complexity index is 1300. The lowest BCUT2D eigenvalue weighted by molar-refractivity contribution is -0.0503. The van der Waals surface area contributed by atoms with Crippen LogP contribution in [-0.2, 0) is 6.42 Å². The molecule has 0 aliphatic carbocycles. The van der Waals surface area contributed by atoms with Crippen LogP contribution < -0.4 is 15.0 Å². The van der Waals surface area contributed by atoms with Gasteiger partial charge in [-0.3, -0.25) is 0 Å². The molecular weight excluding hydrogens is 436 g/mol. The maximum atomic E-state index is 12.9. The fourth-order valence-electron chi connectivity index (χ4n) is 4.53. The number of aromatic nitrogens is 3. The van der Waals surface area contributed by atoms with Gasteiger partial charge in [0, 0.05) is 67.4 Å². The summed E-state index contributed by atoms with van der Waals surface area (Å²) in [5, 5.41) is 3.36. The van der Waals surface area contributed by atoms with Crippen molar-refractivity contribution in [2.45, 2.75) is 26.9 Å². The van der Waals surface area contributed by atoms with E-state index in [9.17, 15) is 8.78 Å². The third kappa shape index (κ3) is 4.46. The minimum absolute atomic E-state index is 0.187. The first kappa shape index (κ1) is 22.3. The molecule has 34 heavy (non-hydrogen) atoms. The molecule has 0 atom stereocenters. The van der Waals surface area contributed by atoms with Crippen LogP contribution >= 0.6 is 0 Å². The van der Waals surface area contributed by atoms with Gasteiger partial charge in [-0.15, -0.1) is 0 Å². The van der Waals surface area contributed by atoms with Crippen molar-refractivity contribution in [3.63, 3.8) is 0 Å². The minimum atomic E-state index is -2.87. The maximum Gasteiger partial charge on any atom is 0.387 e. The molecule has 0 unspecified atom stereocenters. The average Bonchev–Trinajstić information content (AvgIpc) is 3.14. The van der Waals surface area contributed by atoms with Crippen molar-refractivity contribution < 1.29 is 13.5 Å². The first-order valence-electron chi connectivity index (χ1n) is 11.4. The Morgan fingerprint density at radius 2 is 1.88 bits per heavy atom. The molecule has 4 aromatic rings. The van der Waals surface area contributed by atoms with Crippen LogP contribution in [0.3, 0.4) is 0 Å². The lowest BCUT2D eigenvalue weighted by atomic mass is 10.0. The Kier molecular flexibility index (Phi) is 6.15. The van der Waals surface area contributed by atoms with Crippen LogP contribution in [0, 0.1) is 13.8 Å². The zero-order chi connectivity index (χ0) is 23.7. The molecule has 1 fully saturated rings. The molecule has 0 amide bonds. The highest BCUT2D eigenvalue weighted by atomic mass is 19.3. The van der Waals surface area contributed by atoms with Crippen molar-refractivity contribution >= 4 is 11.5 Å². The molecular formula is C26H27F2N5O. The summed E-state index contributed by atoms with van der Waals surface area (Å²) in [6, 6.07) is 13.1. The highest BCUT2D eigenvalue weighted by Gasteiger charge is 2.17. The highest BCUT2D eigenvalue weighted by Crippen LogP contribution is 2.29. The number of fused-ring (bicyclic) bond motifs is 1. The largest absolute Gasteiger partial charge is 0.435 e. The molecule has 0 spiro atoms. The van der Waals surface area contributed by atoms with Gasteiger partial charge in [-0.25, -0.2) is 9.97 Å². The molecule has 176 valence electrons. The average molecular weight is 464 g/mol. The second-order valence-electron chi connectivity index (χ2n) is 8.55. The van der Waals surface area contributed by atoms with Crippen molar-refractivity contribution in [1.82, 2.24) is 19.7 Å². The van der Waals surface area contributed by atoms with Crippen molar-refractivity contribution in [3.05, 3.63) is 77.4 Å². The predicted molar refractivity (Wildman–Crippen MR) is 129 cm³/mol. The second kappa shape index (κ2) is 9.38. The molecule has 1 aliphatic rings. The van der Waals surface area contributed by atoms with E-state index in [1.807, 2.05) is 29.7 Å². The summed E-state index contributed by atoms with van der Waals surface area (Å²) < 4.78 is 32.6. The van der Waals surface area contributed by atoms with E-state index in [4.69, 9.17) is 14.7 Å². The number of benzene rings is 1. The number of nitrogens with zero attached hydrogens (tertiary/aromatic N) is 4. The number of rotatable bonds is 6. The van der Waals surface area contributed by atoms with Gasteiger partial charge in [0.1, 0.15) is 17.2 Å². The standard InChI is InChI=1S/C26H27F2N5O/c1-17-13-25-31-18(2)22(14-19-5-3-4-6-23(19)34-26(27)28)33(25)16-21(17)20-7-8-24(30-15-20)32-11-9-29-10-12-32/h3-8,13,15-16,26,29H,9-12,14H2,1-2H3. The van der Waals surface area contributed by atoms with Crippen molar-refractivity contribution in [3.8, 4) is 16.9 Å². The predicted octanol–water partition coefficient (Wildman–Crippen LogP) is 4.61. The molecule has 3 aromatic heterocycles. The first-order valence-corrected chi connectivity index (χ1v) is 11.4. The molecule has 1 aliphatic heterocycles. The Morgan fingerprint density at radius 1 is 1.09 bits per heavy atom. The van der Waals surface area contributed by atoms with Gasteiger partial charge in [0.25, 0.3) is 0 Å². The monoisotopic (exact) mass is 463 g/mol. The van der Waals surface area contributed by atoms with Crippen LogP contribution in [-0.4, -0.2) is 47.2 Å². The Labute approximate surface area is 197 Å². The number of ether oxygens (including phenoxy) is 1. The van der Waals surface area contributed by atoms with Crippen LogP contribution in [0.1, 0.15) is 22.5 Å². The van der Waals surface area contributed by atoms with Crippen molar-refractivity contribution in [1.29, 1.82) is 0 Å². The summed E-state index contributed by atoms with van der Waals surface area (Å²) in [4.78, 5) is 11.7. The normalized spacial score (nSPS) is 14.2. The Morgan fingerprint density at radius 3 is 2.62 bits per heavy atom. The number of piperazine rings is 1. The summed E-state index contributed by atoms with van der Waals surface area (Å²) in [5.41, 5.74) is 6.49. The molecule has 1 aromatic carbocycles. The van der Waals surface area contributed by atoms with Gasteiger partial charge in [0.2, 0.25) is 0 Å². The quantitative estimate of drug-likeness (QED) is 0.453. The number of hydrogen-bond acceptors (Lipinski definition) is 5. The first-order chi connectivity index (χ1) is 16.5. The second-order valence-corrected chi connectivity index (χ2v) is 8.55. The number of hydrogen-bond donors (Lipinski definition) is 1. The summed E-state index contributed by atoms with van der Waals surface area (Å²) in [5.74, 6) is 1.17. The van der Waals surface area contributed by atoms with Gasteiger partial charge >= 0.3 is 6.61 Å². The SMILES string of the molecule is Cc1cc2nc(C)c(Cc3ccccc3OC(F)F)n2cc1-c1ccc(N2CCNCC2)nc1. The van der Waals surface area contributed by atoms with Gasteiger partial charge in [-0.2, -0.15) is 8.78 Å². The van der Waals surface area contributed by atoms with Crippen molar-refractivity contribution in [2.24, 2.45) is 0 Å². The number of halogens is 2. The van der Waals surface area contributed by atoms with E-state index in [-0.39, 0.29) is 5.75 Å². The Hall–Kier alpha value is -3.52. The van der Waals surface area contributed by atoms with E-state index < -0.39 is 6.61 Å². The smallest absolute Gasteiger partial charge is 0.387 e. The van der Waals surface area contributed by atoms with E-state index in [0.717, 1.165) is 65.7 Å². The van der Waals surface area contributed by atoms with Crippen LogP contribution in [0.2, 0.25) is 0 Å². The van der Waals surface area contributed by atoms with E-state index in [2.05, 4.69) is 41.5 Å². The molecule has 1 saturated heterocycles. The third-order valence-corrected chi connectivity index (χ3v) is 6.31. The lowest BCUT2D eigenvalue weighted by Crippen LogP contribution is -2.43. The van der Waals surface area contributed by atoms with E-state index >= 15 is 0 Å². The molecule has 1 N–H and O–H groups in total. The number of pyridine rings is 2. The summed E-state index contributed by atoms with van der Waals surface area (Å²) in [7, 11) is 0. The van der Waals surface area contributed by atoms with Gasteiger partial charge < -0.3 is 19.4 Å². The molecule has 8 heteroatoms. The van der Waals surface area contributed by atoms with E-state index in [1.54, 1.807) is 12.1 Å². The van der Waals surface area contributed by atoms with Gasteiger partial charge in [-0.05, 0) is 43.7 Å². The molecule has 0 saturated carbocycles. The molecule has 0 bridgehead atoms. The van der Waals surface area contributed by atoms with Gasteiger partial charge in [0.05, 0.1) is 5.69 Å². The third-order valence-electron chi connectivity index (χ3n) is 6.31. The van der Waals surface area contributed by atoms with Gasteiger partial charge in [0.15, 0.2) is 0 Å². The maximum absolute atomic E-state index is 12.9. The number of nitrogens with one attached hydrogen (secondary N) is 1. The van der Waals surface area contributed by atoms with Crippen LogP contribution in [0.4, 0.5) is 14.6 Å². The zero-order valence-electron chi connectivity index (χ0n) is 19.3. The van der Waals surface area contributed by atoms with Crippen LogP contribution in [0.25, 0.3) is 16.8 Å². The highest BCUT2D eigenvalue weighted by molar-refractivity contribution is 5.69.